The smallest absolute Gasteiger partial charge is 0.262 e. The van der Waals surface area contributed by atoms with Crippen molar-refractivity contribution in [1.82, 2.24) is 0 Å². The molecule has 0 aliphatic carbocycles. The molecule has 7 heteroatoms. The fourth-order valence-electron chi connectivity index (χ4n) is 0.856. The Balaban J connectivity index is 3.21. The lowest BCUT2D eigenvalue weighted by Gasteiger charge is -2.02. The number of anilines is 1. The molecular formula is C7H5BrClNO3S. The van der Waals surface area contributed by atoms with Gasteiger partial charge in [0.1, 0.15) is 0 Å². The van der Waals surface area contributed by atoms with Crippen molar-refractivity contribution in [3.63, 3.8) is 0 Å². The maximum Gasteiger partial charge on any atom is 0.262 e. The van der Waals surface area contributed by atoms with Gasteiger partial charge in [-0.2, -0.15) is 0 Å². The average molecular weight is 299 g/mol. The van der Waals surface area contributed by atoms with E-state index in [1.54, 1.807) is 0 Å². The molecule has 4 nitrogen and oxygen atoms in total. The van der Waals surface area contributed by atoms with E-state index in [1.807, 2.05) is 0 Å². The number of halogens is 2. The molecule has 0 bridgehead atoms. The molecule has 0 saturated heterocycles. The first-order valence-electron chi connectivity index (χ1n) is 3.39. The molecule has 0 saturated carbocycles. The third-order valence-electron chi connectivity index (χ3n) is 1.42. The first kappa shape index (κ1) is 11.5. The lowest BCUT2D eigenvalue weighted by Crippen LogP contribution is -1.96. The second-order valence-corrected chi connectivity index (χ2v) is 5.73. The van der Waals surface area contributed by atoms with Crippen LogP contribution in [0, 0.1) is 0 Å². The van der Waals surface area contributed by atoms with Gasteiger partial charge in [-0.15, -0.1) is 0 Å². The SMILES string of the molecule is O=CNc1ccc(S(=O)(=O)Cl)c(Br)c1. The molecule has 1 rings (SSSR count). The second kappa shape index (κ2) is 4.29. The van der Waals surface area contributed by atoms with Crippen molar-refractivity contribution in [3.05, 3.63) is 22.7 Å². The van der Waals surface area contributed by atoms with E-state index in [-0.39, 0.29) is 4.90 Å². The van der Waals surface area contributed by atoms with Crippen LogP contribution in [0.5, 0.6) is 0 Å². The summed E-state index contributed by atoms with van der Waals surface area (Å²) in [6.07, 6.45) is 0.497. The minimum Gasteiger partial charge on any atom is -0.329 e. The van der Waals surface area contributed by atoms with Crippen molar-refractivity contribution < 1.29 is 13.2 Å². The highest BCUT2D eigenvalue weighted by Gasteiger charge is 2.14. The van der Waals surface area contributed by atoms with Gasteiger partial charge in [0.05, 0.1) is 4.90 Å². The van der Waals surface area contributed by atoms with Gasteiger partial charge in [-0.3, -0.25) is 4.79 Å². The molecule has 76 valence electrons. The zero-order valence-electron chi connectivity index (χ0n) is 6.70. The molecule has 1 aromatic carbocycles. The van der Waals surface area contributed by atoms with Crippen molar-refractivity contribution in [1.29, 1.82) is 0 Å². The Bertz CT molecular complexity index is 460. The zero-order chi connectivity index (χ0) is 10.8. The van der Waals surface area contributed by atoms with Gasteiger partial charge in [-0.25, -0.2) is 8.42 Å². The van der Waals surface area contributed by atoms with Crippen molar-refractivity contribution in [2.45, 2.75) is 4.90 Å². The Morgan fingerprint density at radius 1 is 1.43 bits per heavy atom. The van der Waals surface area contributed by atoms with Crippen molar-refractivity contribution in [2.75, 3.05) is 5.32 Å². The summed E-state index contributed by atoms with van der Waals surface area (Å²) >= 11 is 3.03. The Morgan fingerprint density at radius 3 is 2.50 bits per heavy atom. The van der Waals surface area contributed by atoms with E-state index >= 15 is 0 Å². The number of nitrogens with one attached hydrogen (secondary N) is 1. The predicted octanol–water partition coefficient (Wildman–Crippen LogP) is 1.94. The van der Waals surface area contributed by atoms with Crippen LogP contribution in [0.15, 0.2) is 27.6 Å². The molecule has 0 fully saturated rings. The standard InChI is InChI=1S/C7H5BrClNO3S/c8-6-3-5(10-4-11)1-2-7(6)14(9,12)13/h1-4H,(H,10,11). The normalized spacial score (nSPS) is 11.0. The number of benzene rings is 1. The van der Waals surface area contributed by atoms with Crippen LogP contribution >= 0.6 is 26.6 Å². The Hall–Kier alpha value is -0.590. The van der Waals surface area contributed by atoms with Gasteiger partial charge < -0.3 is 5.32 Å². The highest BCUT2D eigenvalue weighted by Crippen LogP contribution is 2.27. The van der Waals surface area contributed by atoms with Crippen molar-refractivity contribution in [2.24, 2.45) is 0 Å². The number of carbonyl (C=O) groups excluding carboxylic acids is 1. The molecule has 0 aromatic heterocycles. The number of amides is 1. The molecule has 0 aliphatic heterocycles. The van der Waals surface area contributed by atoms with Crippen molar-refractivity contribution in [3.8, 4) is 0 Å². The van der Waals surface area contributed by atoms with Gasteiger partial charge in [-0.05, 0) is 34.1 Å². The number of hydrogen-bond donors (Lipinski definition) is 1. The van der Waals surface area contributed by atoms with E-state index in [1.165, 1.54) is 18.2 Å². The summed E-state index contributed by atoms with van der Waals surface area (Å²) in [6, 6.07) is 4.19. The average Bonchev–Trinajstić information content (AvgIpc) is 2.02. The molecule has 0 radical (unpaired) electrons. The summed E-state index contributed by atoms with van der Waals surface area (Å²) in [7, 11) is 1.39. The van der Waals surface area contributed by atoms with E-state index < -0.39 is 9.05 Å². The molecule has 1 N–H and O–H groups in total. The largest absolute Gasteiger partial charge is 0.329 e. The zero-order valence-corrected chi connectivity index (χ0v) is 9.86. The molecule has 14 heavy (non-hydrogen) atoms. The molecule has 0 atom stereocenters. The van der Waals surface area contributed by atoms with Crippen LogP contribution in [0.3, 0.4) is 0 Å². The minimum atomic E-state index is -3.76. The monoisotopic (exact) mass is 297 g/mol. The number of carbonyl (C=O) groups is 1. The maximum absolute atomic E-state index is 11.0. The molecule has 1 aromatic rings. The van der Waals surface area contributed by atoms with Gasteiger partial charge in [-0.1, -0.05) is 0 Å². The summed E-state index contributed by atoms with van der Waals surface area (Å²) in [6.45, 7) is 0. The molecule has 0 heterocycles. The third-order valence-corrected chi connectivity index (χ3v) is 3.72. The van der Waals surface area contributed by atoms with Gasteiger partial charge >= 0.3 is 0 Å². The fraction of sp³-hybridized carbons (Fsp3) is 0. The molecular weight excluding hydrogens is 294 g/mol. The van der Waals surface area contributed by atoms with E-state index in [0.717, 1.165) is 0 Å². The van der Waals surface area contributed by atoms with Gasteiger partial charge in [0.25, 0.3) is 9.05 Å². The molecule has 0 aliphatic rings. The second-order valence-electron chi connectivity index (χ2n) is 2.35. The van der Waals surface area contributed by atoms with Crippen LogP contribution in [-0.4, -0.2) is 14.8 Å². The van der Waals surface area contributed by atoms with Crippen LogP contribution in [0.25, 0.3) is 0 Å². The lowest BCUT2D eigenvalue weighted by molar-refractivity contribution is -0.105. The van der Waals surface area contributed by atoms with Crippen LogP contribution < -0.4 is 5.32 Å². The first-order chi connectivity index (χ1) is 6.45. The Kier molecular flexibility index (Phi) is 3.52. The maximum atomic E-state index is 11.0. The highest BCUT2D eigenvalue weighted by molar-refractivity contribution is 9.10. The molecule has 1 amide bonds. The van der Waals surface area contributed by atoms with Crippen LogP contribution in [0.4, 0.5) is 5.69 Å². The first-order valence-corrected chi connectivity index (χ1v) is 6.50. The summed E-state index contributed by atoms with van der Waals surface area (Å²) < 4.78 is 22.2. The van der Waals surface area contributed by atoms with Gasteiger partial charge in [0.15, 0.2) is 0 Å². The van der Waals surface area contributed by atoms with E-state index in [9.17, 15) is 13.2 Å². The van der Waals surface area contributed by atoms with Crippen LogP contribution in [0.2, 0.25) is 0 Å². The Labute approximate surface area is 93.8 Å². The fourth-order valence-corrected chi connectivity index (χ4v) is 3.08. The summed E-state index contributed by atoms with van der Waals surface area (Å²) in [5, 5.41) is 2.38. The predicted molar refractivity (Wildman–Crippen MR) is 56.9 cm³/mol. The van der Waals surface area contributed by atoms with E-state index in [2.05, 4.69) is 21.2 Å². The summed E-state index contributed by atoms with van der Waals surface area (Å²) in [5.74, 6) is 0. The minimum absolute atomic E-state index is 0.0318. The third kappa shape index (κ3) is 2.70. The Morgan fingerprint density at radius 2 is 2.07 bits per heavy atom. The van der Waals surface area contributed by atoms with Crippen LogP contribution in [0.1, 0.15) is 0 Å². The van der Waals surface area contributed by atoms with Crippen molar-refractivity contribution >= 4 is 47.8 Å². The summed E-state index contributed by atoms with van der Waals surface area (Å²) in [5.41, 5.74) is 0.482. The molecule has 0 unspecified atom stereocenters. The molecule has 0 spiro atoms. The number of hydrogen-bond acceptors (Lipinski definition) is 3. The highest BCUT2D eigenvalue weighted by atomic mass is 79.9. The topological polar surface area (TPSA) is 63.2 Å². The van der Waals surface area contributed by atoms with E-state index in [0.29, 0.717) is 16.6 Å². The van der Waals surface area contributed by atoms with E-state index in [4.69, 9.17) is 10.7 Å². The lowest BCUT2D eigenvalue weighted by atomic mass is 10.3. The van der Waals surface area contributed by atoms with Gasteiger partial charge in [0.2, 0.25) is 6.41 Å². The van der Waals surface area contributed by atoms with Gasteiger partial charge in [0, 0.05) is 20.8 Å². The van der Waals surface area contributed by atoms with Crippen LogP contribution in [-0.2, 0) is 13.8 Å². The quantitative estimate of drug-likeness (QED) is 0.685. The summed E-state index contributed by atoms with van der Waals surface area (Å²) in [4.78, 5) is 10.1. The number of rotatable bonds is 3.